The molecule has 2 aromatic rings. The van der Waals surface area contributed by atoms with Gasteiger partial charge in [-0.2, -0.15) is 0 Å². The Morgan fingerprint density at radius 2 is 1.79 bits per heavy atom. The number of aryl methyl sites for hydroxylation is 1. The SMILES string of the molecule is Cc1ccc(/C=C/S(=O)(=O)N(C)CCCC2CC(c3ccc(F)cc3)NN2)cc1. The van der Waals surface area contributed by atoms with Gasteiger partial charge in [-0.1, -0.05) is 42.0 Å². The highest BCUT2D eigenvalue weighted by molar-refractivity contribution is 7.92. The molecule has 3 rings (SSSR count). The maximum atomic E-state index is 13.1. The first-order chi connectivity index (χ1) is 13.8. The van der Waals surface area contributed by atoms with Gasteiger partial charge in [-0.25, -0.2) is 17.1 Å². The molecule has 0 radical (unpaired) electrons. The van der Waals surface area contributed by atoms with Crippen molar-refractivity contribution in [1.82, 2.24) is 15.2 Å². The van der Waals surface area contributed by atoms with Crippen LogP contribution in [0.25, 0.3) is 6.08 Å². The Morgan fingerprint density at radius 1 is 1.10 bits per heavy atom. The van der Waals surface area contributed by atoms with Gasteiger partial charge >= 0.3 is 0 Å². The third kappa shape index (κ3) is 6.21. The number of nitrogens with one attached hydrogen (secondary N) is 2. The lowest BCUT2D eigenvalue weighted by Gasteiger charge is -2.16. The quantitative estimate of drug-likeness (QED) is 0.687. The van der Waals surface area contributed by atoms with Gasteiger partial charge in [0.25, 0.3) is 0 Å². The number of rotatable bonds is 8. The lowest BCUT2D eigenvalue weighted by molar-refractivity contribution is 0.432. The summed E-state index contributed by atoms with van der Waals surface area (Å²) >= 11 is 0. The van der Waals surface area contributed by atoms with Crippen LogP contribution in [-0.4, -0.2) is 32.4 Å². The van der Waals surface area contributed by atoms with Crippen molar-refractivity contribution in [3.05, 3.63) is 76.4 Å². The highest BCUT2D eigenvalue weighted by Gasteiger charge is 2.25. The predicted octanol–water partition coefficient (Wildman–Crippen LogP) is 3.75. The van der Waals surface area contributed by atoms with Crippen molar-refractivity contribution in [2.45, 2.75) is 38.3 Å². The van der Waals surface area contributed by atoms with Gasteiger partial charge in [0.05, 0.1) is 0 Å². The number of halogens is 1. The molecule has 1 fully saturated rings. The molecule has 2 unspecified atom stereocenters. The Morgan fingerprint density at radius 3 is 2.48 bits per heavy atom. The molecule has 7 heteroatoms. The van der Waals surface area contributed by atoms with Crippen LogP contribution in [0.4, 0.5) is 4.39 Å². The van der Waals surface area contributed by atoms with Crippen LogP contribution in [0.2, 0.25) is 0 Å². The molecule has 1 saturated heterocycles. The Balaban J connectivity index is 1.44. The van der Waals surface area contributed by atoms with Gasteiger partial charge in [-0.3, -0.25) is 10.9 Å². The second-order valence-electron chi connectivity index (χ2n) is 7.55. The minimum atomic E-state index is -3.44. The summed E-state index contributed by atoms with van der Waals surface area (Å²) in [6, 6.07) is 14.6. The minimum absolute atomic E-state index is 0.138. The Bertz CT molecular complexity index is 928. The summed E-state index contributed by atoms with van der Waals surface area (Å²) in [7, 11) is -1.83. The first-order valence-electron chi connectivity index (χ1n) is 9.81. The Labute approximate surface area is 172 Å². The van der Waals surface area contributed by atoms with Crippen molar-refractivity contribution in [2.24, 2.45) is 0 Å². The molecule has 2 N–H and O–H groups in total. The largest absolute Gasteiger partial charge is 0.254 e. The van der Waals surface area contributed by atoms with E-state index in [4.69, 9.17) is 0 Å². The van der Waals surface area contributed by atoms with Gasteiger partial charge in [-0.15, -0.1) is 0 Å². The minimum Gasteiger partial charge on any atom is -0.254 e. The summed E-state index contributed by atoms with van der Waals surface area (Å²) in [6.07, 6.45) is 4.12. The van der Waals surface area contributed by atoms with E-state index in [1.807, 2.05) is 31.2 Å². The van der Waals surface area contributed by atoms with Gasteiger partial charge in [0.2, 0.25) is 10.0 Å². The van der Waals surface area contributed by atoms with E-state index in [-0.39, 0.29) is 17.9 Å². The molecule has 0 bridgehead atoms. The molecule has 0 aliphatic carbocycles. The molecule has 0 aromatic heterocycles. The first kappa shape index (κ1) is 21.6. The molecule has 2 aromatic carbocycles. The molecule has 1 aliphatic heterocycles. The van der Waals surface area contributed by atoms with Crippen LogP contribution in [0.1, 0.15) is 42.0 Å². The van der Waals surface area contributed by atoms with Crippen LogP contribution in [-0.2, 0) is 10.0 Å². The van der Waals surface area contributed by atoms with Crippen LogP contribution in [0, 0.1) is 12.7 Å². The number of hydrogen-bond acceptors (Lipinski definition) is 4. The zero-order valence-corrected chi connectivity index (χ0v) is 17.6. The highest BCUT2D eigenvalue weighted by atomic mass is 32.2. The van der Waals surface area contributed by atoms with E-state index >= 15 is 0 Å². The zero-order valence-electron chi connectivity index (χ0n) is 16.8. The Kier molecular flexibility index (Phi) is 7.18. The van der Waals surface area contributed by atoms with Crippen molar-refractivity contribution >= 4 is 16.1 Å². The van der Waals surface area contributed by atoms with E-state index in [9.17, 15) is 12.8 Å². The van der Waals surface area contributed by atoms with Crippen LogP contribution in [0.3, 0.4) is 0 Å². The van der Waals surface area contributed by atoms with Gasteiger partial charge in [0.15, 0.2) is 0 Å². The van der Waals surface area contributed by atoms with E-state index < -0.39 is 10.0 Å². The molecule has 2 atom stereocenters. The molecule has 29 heavy (non-hydrogen) atoms. The fraction of sp³-hybridized carbons (Fsp3) is 0.364. The predicted molar refractivity (Wildman–Crippen MR) is 115 cm³/mol. The van der Waals surface area contributed by atoms with E-state index in [1.54, 1.807) is 25.3 Å². The molecule has 0 spiro atoms. The molecule has 5 nitrogen and oxygen atoms in total. The highest BCUT2D eigenvalue weighted by Crippen LogP contribution is 2.24. The van der Waals surface area contributed by atoms with E-state index in [2.05, 4.69) is 10.9 Å². The Hall–Kier alpha value is -2.06. The molecular formula is C22H28FN3O2S. The summed E-state index contributed by atoms with van der Waals surface area (Å²) in [5.41, 5.74) is 9.54. The molecule has 1 heterocycles. The second kappa shape index (κ2) is 9.63. The molecule has 0 amide bonds. The van der Waals surface area contributed by atoms with E-state index in [0.29, 0.717) is 6.54 Å². The fourth-order valence-corrected chi connectivity index (χ4v) is 4.28. The molecule has 156 valence electrons. The molecule has 1 aliphatic rings. The van der Waals surface area contributed by atoms with Gasteiger partial charge in [0, 0.05) is 31.1 Å². The van der Waals surface area contributed by atoms with Gasteiger partial charge in [-0.05, 0) is 55.5 Å². The summed E-state index contributed by atoms with van der Waals surface area (Å²) in [5.74, 6) is -0.239. The number of hydrogen-bond donors (Lipinski definition) is 2. The number of benzene rings is 2. The van der Waals surface area contributed by atoms with Crippen molar-refractivity contribution in [1.29, 1.82) is 0 Å². The monoisotopic (exact) mass is 417 g/mol. The van der Waals surface area contributed by atoms with Gasteiger partial charge < -0.3 is 0 Å². The zero-order chi connectivity index (χ0) is 20.9. The first-order valence-corrected chi connectivity index (χ1v) is 11.3. The number of sulfonamides is 1. The summed E-state index contributed by atoms with van der Waals surface area (Å²) in [4.78, 5) is 0. The van der Waals surface area contributed by atoms with Crippen LogP contribution >= 0.6 is 0 Å². The second-order valence-corrected chi connectivity index (χ2v) is 9.47. The topological polar surface area (TPSA) is 61.4 Å². The average molecular weight is 418 g/mol. The number of nitrogens with zero attached hydrogens (tertiary/aromatic N) is 1. The smallest absolute Gasteiger partial charge is 0.235 e. The maximum absolute atomic E-state index is 13.1. The van der Waals surface area contributed by atoms with Gasteiger partial charge in [0.1, 0.15) is 5.82 Å². The van der Waals surface area contributed by atoms with E-state index in [0.717, 1.165) is 36.0 Å². The van der Waals surface area contributed by atoms with Crippen molar-refractivity contribution in [3.8, 4) is 0 Å². The fourth-order valence-electron chi connectivity index (χ4n) is 3.36. The normalized spacial score (nSPS) is 20.0. The lowest BCUT2D eigenvalue weighted by Crippen LogP contribution is -2.32. The lowest BCUT2D eigenvalue weighted by atomic mass is 10.00. The van der Waals surface area contributed by atoms with Crippen molar-refractivity contribution < 1.29 is 12.8 Å². The molecular weight excluding hydrogens is 389 g/mol. The standard InChI is InChI=1S/C22H28FN3O2S/c1-17-5-7-18(8-6-17)13-15-29(27,28)26(2)14-3-4-21-16-22(25-24-21)19-9-11-20(23)12-10-19/h5-13,15,21-22,24-25H,3-4,14,16H2,1-2H3/b15-13+. The summed E-state index contributed by atoms with van der Waals surface area (Å²) < 4.78 is 39.3. The van der Waals surface area contributed by atoms with E-state index in [1.165, 1.54) is 21.8 Å². The number of hydrazine groups is 1. The summed E-state index contributed by atoms with van der Waals surface area (Å²) in [6.45, 7) is 2.45. The molecule has 0 saturated carbocycles. The maximum Gasteiger partial charge on any atom is 0.235 e. The van der Waals surface area contributed by atoms with Crippen LogP contribution < -0.4 is 10.9 Å². The van der Waals surface area contributed by atoms with Crippen LogP contribution in [0.15, 0.2) is 53.9 Å². The van der Waals surface area contributed by atoms with Crippen LogP contribution in [0.5, 0.6) is 0 Å². The third-order valence-electron chi connectivity index (χ3n) is 5.22. The summed E-state index contributed by atoms with van der Waals surface area (Å²) in [5, 5.41) is 1.26. The average Bonchev–Trinajstić information content (AvgIpc) is 3.17. The third-order valence-corrected chi connectivity index (χ3v) is 6.76. The van der Waals surface area contributed by atoms with Crippen molar-refractivity contribution in [2.75, 3.05) is 13.6 Å². The van der Waals surface area contributed by atoms with Crippen molar-refractivity contribution in [3.63, 3.8) is 0 Å².